The molecule has 0 spiro atoms. The summed E-state index contributed by atoms with van der Waals surface area (Å²) in [5.74, 6) is -0.175. The predicted molar refractivity (Wildman–Crippen MR) is 76.9 cm³/mol. The summed E-state index contributed by atoms with van der Waals surface area (Å²) in [7, 11) is 0. The number of benzene rings is 1. The second-order valence-corrected chi connectivity index (χ2v) is 5.77. The standard InChI is InChI=1S/C13H14BrClN2O2/c1-2-3-11-12(18)17(13(19)16-11)7-8-4-5-9(14)6-10(8)15/h4-6,11H,2-3,7H2,1H3,(H,16,19). The topological polar surface area (TPSA) is 49.4 Å². The predicted octanol–water partition coefficient (Wildman–Crippen LogP) is 3.32. The Morgan fingerprint density at radius 3 is 2.79 bits per heavy atom. The first-order valence-electron chi connectivity index (χ1n) is 6.08. The second-order valence-electron chi connectivity index (χ2n) is 4.45. The summed E-state index contributed by atoms with van der Waals surface area (Å²) in [4.78, 5) is 25.1. The number of amides is 3. The third kappa shape index (κ3) is 3.09. The first-order chi connectivity index (χ1) is 9.02. The zero-order valence-electron chi connectivity index (χ0n) is 10.5. The molecule has 1 unspecified atom stereocenters. The van der Waals surface area contributed by atoms with Crippen LogP contribution in [0.5, 0.6) is 0 Å². The van der Waals surface area contributed by atoms with Crippen LogP contribution in [0.3, 0.4) is 0 Å². The molecule has 102 valence electrons. The lowest BCUT2D eigenvalue weighted by molar-refractivity contribution is -0.128. The van der Waals surface area contributed by atoms with Gasteiger partial charge in [0.25, 0.3) is 5.91 Å². The molecule has 0 radical (unpaired) electrons. The van der Waals surface area contributed by atoms with Crippen molar-refractivity contribution in [2.75, 3.05) is 0 Å². The number of carbonyl (C=O) groups excluding carboxylic acids is 2. The van der Waals surface area contributed by atoms with Crippen LogP contribution >= 0.6 is 27.5 Å². The number of nitrogens with one attached hydrogen (secondary N) is 1. The lowest BCUT2D eigenvalue weighted by Crippen LogP contribution is -2.31. The maximum atomic E-state index is 12.1. The van der Waals surface area contributed by atoms with Crippen LogP contribution in [-0.2, 0) is 11.3 Å². The van der Waals surface area contributed by atoms with E-state index in [2.05, 4.69) is 21.2 Å². The van der Waals surface area contributed by atoms with Gasteiger partial charge in [-0.1, -0.05) is 46.9 Å². The van der Waals surface area contributed by atoms with Gasteiger partial charge in [0.05, 0.1) is 6.54 Å². The Labute approximate surface area is 125 Å². The maximum Gasteiger partial charge on any atom is 0.325 e. The van der Waals surface area contributed by atoms with Crippen LogP contribution in [0.15, 0.2) is 22.7 Å². The van der Waals surface area contributed by atoms with Crippen molar-refractivity contribution in [1.29, 1.82) is 0 Å². The molecule has 1 aliphatic rings. The number of urea groups is 1. The molecule has 1 heterocycles. The Kier molecular flexibility index (Phi) is 4.47. The molecule has 19 heavy (non-hydrogen) atoms. The molecule has 2 rings (SSSR count). The molecule has 1 saturated heterocycles. The molecular formula is C13H14BrClN2O2. The first kappa shape index (κ1) is 14.3. The Morgan fingerprint density at radius 1 is 1.42 bits per heavy atom. The average Bonchev–Trinajstić information content (AvgIpc) is 2.60. The monoisotopic (exact) mass is 344 g/mol. The fraction of sp³-hybridized carbons (Fsp3) is 0.385. The van der Waals surface area contributed by atoms with E-state index in [9.17, 15) is 9.59 Å². The van der Waals surface area contributed by atoms with Gasteiger partial charge < -0.3 is 5.32 Å². The zero-order valence-corrected chi connectivity index (χ0v) is 12.8. The summed E-state index contributed by atoms with van der Waals surface area (Å²) in [6, 6.07) is 4.65. The van der Waals surface area contributed by atoms with E-state index in [4.69, 9.17) is 11.6 Å². The van der Waals surface area contributed by atoms with E-state index in [0.29, 0.717) is 11.4 Å². The Balaban J connectivity index is 2.14. The van der Waals surface area contributed by atoms with E-state index in [-0.39, 0.29) is 18.5 Å². The molecule has 1 aliphatic heterocycles. The van der Waals surface area contributed by atoms with Gasteiger partial charge in [0, 0.05) is 9.50 Å². The van der Waals surface area contributed by atoms with Crippen molar-refractivity contribution in [1.82, 2.24) is 10.2 Å². The molecule has 1 aromatic rings. The fourth-order valence-electron chi connectivity index (χ4n) is 2.03. The Morgan fingerprint density at radius 2 is 2.16 bits per heavy atom. The number of imide groups is 1. The molecule has 1 aromatic carbocycles. The highest BCUT2D eigenvalue weighted by molar-refractivity contribution is 9.10. The van der Waals surface area contributed by atoms with Crippen LogP contribution in [-0.4, -0.2) is 22.9 Å². The van der Waals surface area contributed by atoms with Crippen molar-refractivity contribution < 1.29 is 9.59 Å². The van der Waals surface area contributed by atoms with Gasteiger partial charge in [-0.2, -0.15) is 0 Å². The van der Waals surface area contributed by atoms with Gasteiger partial charge in [0.1, 0.15) is 6.04 Å². The van der Waals surface area contributed by atoms with Gasteiger partial charge in [-0.3, -0.25) is 9.69 Å². The van der Waals surface area contributed by atoms with Crippen LogP contribution < -0.4 is 5.32 Å². The lowest BCUT2D eigenvalue weighted by Gasteiger charge is -2.14. The number of hydrogen-bond acceptors (Lipinski definition) is 2. The number of rotatable bonds is 4. The zero-order chi connectivity index (χ0) is 14.0. The fourth-order valence-corrected chi connectivity index (χ4v) is 2.76. The number of nitrogens with zero attached hydrogens (tertiary/aromatic N) is 1. The minimum atomic E-state index is -0.397. The van der Waals surface area contributed by atoms with Gasteiger partial charge in [-0.05, 0) is 24.1 Å². The van der Waals surface area contributed by atoms with Crippen molar-refractivity contribution in [3.05, 3.63) is 33.3 Å². The number of carbonyl (C=O) groups is 2. The van der Waals surface area contributed by atoms with Crippen molar-refractivity contribution in [2.24, 2.45) is 0 Å². The maximum absolute atomic E-state index is 12.1. The van der Waals surface area contributed by atoms with E-state index in [0.717, 1.165) is 16.5 Å². The molecular weight excluding hydrogens is 332 g/mol. The normalized spacial score (nSPS) is 18.9. The van der Waals surface area contributed by atoms with Crippen LogP contribution in [0.1, 0.15) is 25.3 Å². The molecule has 1 atom stereocenters. The van der Waals surface area contributed by atoms with Crippen molar-refractivity contribution in [3.8, 4) is 0 Å². The molecule has 6 heteroatoms. The molecule has 1 fully saturated rings. The third-order valence-corrected chi connectivity index (χ3v) is 3.87. The summed E-state index contributed by atoms with van der Waals surface area (Å²) >= 11 is 9.42. The van der Waals surface area contributed by atoms with E-state index in [1.165, 1.54) is 4.90 Å². The minimum absolute atomic E-state index is 0.175. The van der Waals surface area contributed by atoms with Crippen molar-refractivity contribution >= 4 is 39.5 Å². The number of halogens is 2. The summed E-state index contributed by atoms with van der Waals surface area (Å²) in [5.41, 5.74) is 0.755. The van der Waals surface area contributed by atoms with E-state index < -0.39 is 6.04 Å². The molecule has 0 bridgehead atoms. The molecule has 0 saturated carbocycles. The Bertz CT molecular complexity index is 521. The van der Waals surface area contributed by atoms with Crippen molar-refractivity contribution in [3.63, 3.8) is 0 Å². The highest BCUT2D eigenvalue weighted by Gasteiger charge is 2.37. The number of hydrogen-bond donors (Lipinski definition) is 1. The second kappa shape index (κ2) is 5.92. The van der Waals surface area contributed by atoms with Gasteiger partial charge in [-0.25, -0.2) is 4.79 Å². The third-order valence-electron chi connectivity index (χ3n) is 3.03. The first-order valence-corrected chi connectivity index (χ1v) is 7.25. The van der Waals surface area contributed by atoms with E-state index in [1.807, 2.05) is 13.0 Å². The largest absolute Gasteiger partial charge is 0.326 e. The SMILES string of the molecule is CCCC1NC(=O)N(Cc2ccc(Br)cc2Cl)C1=O. The lowest BCUT2D eigenvalue weighted by atomic mass is 10.1. The summed E-state index contributed by atoms with van der Waals surface area (Å²) < 4.78 is 0.863. The molecule has 0 aromatic heterocycles. The molecule has 4 nitrogen and oxygen atoms in total. The van der Waals surface area contributed by atoms with Crippen LogP contribution in [0, 0.1) is 0 Å². The van der Waals surface area contributed by atoms with Crippen LogP contribution in [0.4, 0.5) is 4.79 Å². The smallest absolute Gasteiger partial charge is 0.325 e. The quantitative estimate of drug-likeness (QED) is 0.851. The van der Waals surface area contributed by atoms with Gasteiger partial charge in [0.2, 0.25) is 0 Å². The molecule has 0 aliphatic carbocycles. The average molecular weight is 346 g/mol. The van der Waals surface area contributed by atoms with Crippen LogP contribution in [0.2, 0.25) is 5.02 Å². The van der Waals surface area contributed by atoms with Crippen molar-refractivity contribution in [2.45, 2.75) is 32.4 Å². The summed E-state index contributed by atoms with van der Waals surface area (Å²) in [5, 5.41) is 3.23. The van der Waals surface area contributed by atoms with Gasteiger partial charge >= 0.3 is 6.03 Å². The molecule has 3 amide bonds. The highest BCUT2D eigenvalue weighted by Crippen LogP contribution is 2.24. The van der Waals surface area contributed by atoms with Gasteiger partial charge in [0.15, 0.2) is 0 Å². The van der Waals surface area contributed by atoms with E-state index in [1.54, 1.807) is 12.1 Å². The summed E-state index contributed by atoms with van der Waals surface area (Å²) in [6.45, 7) is 2.19. The van der Waals surface area contributed by atoms with E-state index >= 15 is 0 Å². The summed E-state index contributed by atoms with van der Waals surface area (Å²) in [6.07, 6.45) is 1.51. The highest BCUT2D eigenvalue weighted by atomic mass is 79.9. The van der Waals surface area contributed by atoms with Gasteiger partial charge in [-0.15, -0.1) is 0 Å². The van der Waals surface area contributed by atoms with Crippen LogP contribution in [0.25, 0.3) is 0 Å². The minimum Gasteiger partial charge on any atom is -0.326 e. The Hall–Kier alpha value is -1.07. The molecule has 1 N–H and O–H groups in total.